The van der Waals surface area contributed by atoms with Crippen LogP contribution in [0.2, 0.25) is 0 Å². The molecule has 1 aromatic carbocycles. The van der Waals surface area contributed by atoms with Crippen molar-refractivity contribution in [1.29, 1.82) is 0 Å². The number of esters is 1. The summed E-state index contributed by atoms with van der Waals surface area (Å²) in [5, 5.41) is 9.00. The first-order valence-electron chi connectivity index (χ1n) is 6.10. The van der Waals surface area contributed by atoms with Gasteiger partial charge in [-0.3, -0.25) is 0 Å². The number of carbonyl (C=O) groups is 2. The number of benzene rings is 1. The van der Waals surface area contributed by atoms with Gasteiger partial charge in [0.15, 0.2) is 11.4 Å². The fraction of sp³-hybridized carbons (Fsp3) is 0.133. The number of hydrogen-bond acceptors (Lipinski definition) is 5. The van der Waals surface area contributed by atoms with E-state index in [0.717, 1.165) is 5.56 Å². The summed E-state index contributed by atoms with van der Waals surface area (Å²) in [4.78, 5) is 26.2. The molecule has 108 valence electrons. The smallest absolute Gasteiger partial charge is 0.356 e. The predicted molar refractivity (Wildman–Crippen MR) is 73.3 cm³/mol. The molecular formula is C15H13NO5. The number of rotatable bonds is 5. The zero-order valence-electron chi connectivity index (χ0n) is 11.3. The minimum absolute atomic E-state index is 0.111. The highest BCUT2D eigenvalue weighted by Gasteiger charge is 2.15. The molecule has 0 aliphatic carbocycles. The van der Waals surface area contributed by atoms with Crippen LogP contribution in [0.15, 0.2) is 42.5 Å². The second-order valence-corrected chi connectivity index (χ2v) is 4.14. The maximum Gasteiger partial charge on any atom is 0.356 e. The highest BCUT2D eigenvalue weighted by atomic mass is 16.5. The van der Waals surface area contributed by atoms with Gasteiger partial charge < -0.3 is 14.6 Å². The lowest BCUT2D eigenvalue weighted by Gasteiger charge is -2.08. The molecule has 0 saturated heterocycles. The van der Waals surface area contributed by atoms with E-state index in [0.29, 0.717) is 0 Å². The maximum atomic E-state index is 11.5. The van der Waals surface area contributed by atoms with Gasteiger partial charge in [-0.1, -0.05) is 30.3 Å². The average molecular weight is 287 g/mol. The van der Waals surface area contributed by atoms with Crippen molar-refractivity contribution in [3.8, 4) is 5.75 Å². The van der Waals surface area contributed by atoms with Crippen LogP contribution in [0.4, 0.5) is 0 Å². The third kappa shape index (κ3) is 3.79. The Hall–Kier alpha value is -2.89. The van der Waals surface area contributed by atoms with E-state index in [2.05, 4.69) is 9.72 Å². The second kappa shape index (κ2) is 6.51. The Labute approximate surface area is 121 Å². The number of aromatic nitrogens is 1. The average Bonchev–Trinajstić information content (AvgIpc) is 2.52. The van der Waals surface area contributed by atoms with E-state index in [4.69, 9.17) is 9.84 Å². The highest BCUT2D eigenvalue weighted by Crippen LogP contribution is 2.17. The summed E-state index contributed by atoms with van der Waals surface area (Å²) in [5.41, 5.74) is 0.534. The molecule has 0 aliphatic rings. The summed E-state index contributed by atoms with van der Waals surface area (Å²) in [6, 6.07) is 12.0. The molecule has 0 saturated carbocycles. The Morgan fingerprint density at radius 1 is 1.14 bits per heavy atom. The third-order valence-electron chi connectivity index (χ3n) is 2.66. The van der Waals surface area contributed by atoms with Gasteiger partial charge in [-0.15, -0.1) is 0 Å². The first kappa shape index (κ1) is 14.5. The van der Waals surface area contributed by atoms with Crippen LogP contribution in [0, 0.1) is 0 Å². The van der Waals surface area contributed by atoms with Crippen molar-refractivity contribution in [2.24, 2.45) is 0 Å². The Morgan fingerprint density at radius 2 is 1.81 bits per heavy atom. The molecule has 1 aromatic heterocycles. The Morgan fingerprint density at radius 3 is 2.43 bits per heavy atom. The van der Waals surface area contributed by atoms with Crippen LogP contribution in [-0.2, 0) is 11.3 Å². The molecule has 2 rings (SSSR count). The summed E-state index contributed by atoms with van der Waals surface area (Å²) < 4.78 is 10.0. The third-order valence-corrected chi connectivity index (χ3v) is 2.66. The minimum atomic E-state index is -1.25. The Balaban J connectivity index is 2.23. The van der Waals surface area contributed by atoms with Gasteiger partial charge in [0.05, 0.1) is 7.11 Å². The molecule has 0 fully saturated rings. The van der Waals surface area contributed by atoms with E-state index in [9.17, 15) is 9.59 Å². The van der Waals surface area contributed by atoms with E-state index >= 15 is 0 Å². The van der Waals surface area contributed by atoms with Crippen molar-refractivity contribution in [3.05, 3.63) is 59.4 Å². The van der Waals surface area contributed by atoms with E-state index in [-0.39, 0.29) is 23.7 Å². The van der Waals surface area contributed by atoms with Crippen molar-refractivity contribution in [3.63, 3.8) is 0 Å². The first-order valence-corrected chi connectivity index (χ1v) is 6.10. The standard InChI is InChI=1S/C15H13NO5/c1-20-15(19)13-8-11(7-12(16-13)14(17)18)21-9-10-5-3-2-4-6-10/h2-8H,9H2,1H3,(H,17,18). The van der Waals surface area contributed by atoms with Crippen molar-refractivity contribution in [2.45, 2.75) is 6.61 Å². The molecule has 0 unspecified atom stereocenters. The summed E-state index contributed by atoms with van der Waals surface area (Å²) in [7, 11) is 1.20. The number of carboxylic acid groups (broad SMARTS) is 1. The lowest BCUT2D eigenvalue weighted by Crippen LogP contribution is -2.10. The number of ether oxygens (including phenoxy) is 2. The molecule has 0 amide bonds. The van der Waals surface area contributed by atoms with E-state index in [1.54, 1.807) is 0 Å². The number of aromatic carboxylic acids is 1. The van der Waals surface area contributed by atoms with Crippen molar-refractivity contribution in [1.82, 2.24) is 4.98 Å². The van der Waals surface area contributed by atoms with Gasteiger partial charge in [0.25, 0.3) is 0 Å². The zero-order chi connectivity index (χ0) is 15.2. The van der Waals surface area contributed by atoms with Gasteiger partial charge in [0.1, 0.15) is 12.4 Å². The summed E-state index contributed by atoms with van der Waals surface area (Å²) in [5.74, 6) is -1.72. The van der Waals surface area contributed by atoms with E-state index in [1.165, 1.54) is 19.2 Å². The van der Waals surface area contributed by atoms with E-state index in [1.807, 2.05) is 30.3 Å². The van der Waals surface area contributed by atoms with Gasteiger partial charge in [0, 0.05) is 12.1 Å². The molecule has 6 nitrogen and oxygen atoms in total. The van der Waals surface area contributed by atoms with Gasteiger partial charge in [-0.2, -0.15) is 0 Å². The fourth-order valence-electron chi connectivity index (χ4n) is 1.65. The summed E-state index contributed by atoms with van der Waals surface area (Å²) in [6.07, 6.45) is 0. The number of hydrogen-bond donors (Lipinski definition) is 1. The Kier molecular flexibility index (Phi) is 4.50. The summed E-state index contributed by atoms with van der Waals surface area (Å²) >= 11 is 0. The number of carboxylic acids is 1. The van der Waals surface area contributed by atoms with Crippen molar-refractivity contribution >= 4 is 11.9 Å². The largest absolute Gasteiger partial charge is 0.489 e. The maximum absolute atomic E-state index is 11.5. The molecule has 0 spiro atoms. The minimum Gasteiger partial charge on any atom is -0.489 e. The normalized spacial score (nSPS) is 9.95. The van der Waals surface area contributed by atoms with Gasteiger partial charge in [0.2, 0.25) is 0 Å². The highest BCUT2D eigenvalue weighted by molar-refractivity contribution is 5.91. The van der Waals surface area contributed by atoms with Crippen LogP contribution in [0.25, 0.3) is 0 Å². The zero-order valence-corrected chi connectivity index (χ0v) is 11.3. The van der Waals surface area contributed by atoms with E-state index < -0.39 is 11.9 Å². The number of nitrogens with zero attached hydrogens (tertiary/aromatic N) is 1. The number of methoxy groups -OCH3 is 1. The van der Waals surface area contributed by atoms with Crippen molar-refractivity contribution in [2.75, 3.05) is 7.11 Å². The molecule has 21 heavy (non-hydrogen) atoms. The number of pyridine rings is 1. The van der Waals surface area contributed by atoms with Gasteiger partial charge in [-0.05, 0) is 5.56 Å². The molecule has 0 radical (unpaired) electrons. The predicted octanol–water partition coefficient (Wildman–Crippen LogP) is 2.15. The molecule has 0 bridgehead atoms. The quantitative estimate of drug-likeness (QED) is 0.848. The van der Waals surface area contributed by atoms with Gasteiger partial charge >= 0.3 is 11.9 Å². The second-order valence-electron chi connectivity index (χ2n) is 4.14. The topological polar surface area (TPSA) is 85.7 Å². The molecule has 1 heterocycles. The molecule has 2 aromatic rings. The van der Waals surface area contributed by atoms with Crippen molar-refractivity contribution < 1.29 is 24.2 Å². The lowest BCUT2D eigenvalue weighted by molar-refractivity contribution is 0.0593. The fourth-order valence-corrected chi connectivity index (χ4v) is 1.65. The van der Waals surface area contributed by atoms with Crippen LogP contribution in [0.1, 0.15) is 26.5 Å². The Bertz CT molecular complexity index is 654. The van der Waals surface area contributed by atoms with Crippen LogP contribution in [0.5, 0.6) is 5.75 Å². The molecule has 0 aliphatic heterocycles. The van der Waals surface area contributed by atoms with Crippen LogP contribution in [-0.4, -0.2) is 29.1 Å². The molecule has 0 atom stereocenters. The number of carbonyl (C=O) groups excluding carboxylic acids is 1. The van der Waals surface area contributed by atoms with Crippen LogP contribution < -0.4 is 4.74 Å². The van der Waals surface area contributed by atoms with Crippen LogP contribution in [0.3, 0.4) is 0 Å². The van der Waals surface area contributed by atoms with Gasteiger partial charge in [-0.25, -0.2) is 14.6 Å². The molecule has 6 heteroatoms. The van der Waals surface area contributed by atoms with Crippen LogP contribution >= 0.6 is 0 Å². The monoisotopic (exact) mass is 287 g/mol. The molecular weight excluding hydrogens is 274 g/mol. The summed E-state index contributed by atoms with van der Waals surface area (Å²) in [6.45, 7) is 0.254. The lowest BCUT2D eigenvalue weighted by atomic mass is 10.2. The first-order chi connectivity index (χ1) is 10.1. The SMILES string of the molecule is COC(=O)c1cc(OCc2ccccc2)cc(C(=O)O)n1. The molecule has 1 N–H and O–H groups in total.